The number of hydrogen-bond acceptors (Lipinski definition) is 3. The maximum absolute atomic E-state index is 15.2. The second kappa shape index (κ2) is 7.06. The van der Waals surface area contributed by atoms with Crippen molar-refractivity contribution in [2.24, 2.45) is 5.41 Å². The third-order valence-electron chi connectivity index (χ3n) is 4.57. The molecule has 1 saturated carbocycles. The van der Waals surface area contributed by atoms with E-state index in [1.807, 2.05) is 20.8 Å². The highest BCUT2D eigenvalue weighted by molar-refractivity contribution is 7.92. The van der Waals surface area contributed by atoms with Gasteiger partial charge in [-0.2, -0.15) is 0 Å². The first kappa shape index (κ1) is 19.9. The van der Waals surface area contributed by atoms with Gasteiger partial charge in [0.1, 0.15) is 0 Å². The van der Waals surface area contributed by atoms with Gasteiger partial charge in [0, 0.05) is 12.5 Å². The van der Waals surface area contributed by atoms with Gasteiger partial charge in [0.2, 0.25) is 20.7 Å². The van der Waals surface area contributed by atoms with E-state index >= 15 is 4.39 Å². The molecule has 1 aliphatic rings. The van der Waals surface area contributed by atoms with E-state index in [1.54, 1.807) is 19.1 Å². The molecular formula is C19H28FNO3S. The molecule has 25 heavy (non-hydrogen) atoms. The lowest BCUT2D eigenvalue weighted by Gasteiger charge is -2.34. The summed E-state index contributed by atoms with van der Waals surface area (Å²) in [5, 5.41) is 0.655. The standard InChI is InChI=1S/C19H28FNO3S/c1-14-6-5-7-16(12-14)25(23,24)19(20)10-8-15(9-11-19)21-17(22)13-18(2,3)4/h5-7,12,15H,8-11,13H2,1-4H3,(H,21,22)/t15-,19+. The highest BCUT2D eigenvalue weighted by Gasteiger charge is 2.47. The number of nitrogens with one attached hydrogen (secondary N) is 1. The summed E-state index contributed by atoms with van der Waals surface area (Å²) < 4.78 is 40.7. The van der Waals surface area contributed by atoms with E-state index in [2.05, 4.69) is 5.32 Å². The number of hydrogen-bond donors (Lipinski definition) is 1. The van der Waals surface area contributed by atoms with Crippen LogP contribution in [0.5, 0.6) is 0 Å². The molecule has 0 unspecified atom stereocenters. The number of aryl methyl sites for hydroxylation is 1. The van der Waals surface area contributed by atoms with Gasteiger partial charge in [0.05, 0.1) is 4.90 Å². The van der Waals surface area contributed by atoms with E-state index in [4.69, 9.17) is 0 Å². The van der Waals surface area contributed by atoms with Gasteiger partial charge in [-0.15, -0.1) is 0 Å². The van der Waals surface area contributed by atoms with Crippen molar-refractivity contribution in [2.75, 3.05) is 0 Å². The van der Waals surface area contributed by atoms with Crippen molar-refractivity contribution in [2.45, 2.75) is 75.7 Å². The molecule has 0 spiro atoms. The topological polar surface area (TPSA) is 63.2 Å². The number of halogens is 1. The molecule has 140 valence electrons. The summed E-state index contributed by atoms with van der Waals surface area (Å²) in [4.78, 5) is 12.1. The molecule has 6 heteroatoms. The number of amides is 1. The molecule has 0 heterocycles. The number of rotatable bonds is 4. The van der Waals surface area contributed by atoms with E-state index in [0.29, 0.717) is 19.3 Å². The quantitative estimate of drug-likeness (QED) is 0.875. The Bertz CT molecular complexity index is 729. The highest BCUT2D eigenvalue weighted by Crippen LogP contribution is 2.40. The smallest absolute Gasteiger partial charge is 0.220 e. The first-order valence-electron chi connectivity index (χ1n) is 8.73. The van der Waals surface area contributed by atoms with Crippen LogP contribution in [0, 0.1) is 12.3 Å². The minimum atomic E-state index is -4.04. The van der Waals surface area contributed by atoms with Crippen LogP contribution in [0.2, 0.25) is 0 Å². The Morgan fingerprint density at radius 1 is 1.28 bits per heavy atom. The van der Waals surface area contributed by atoms with E-state index < -0.39 is 14.8 Å². The second-order valence-electron chi connectivity index (χ2n) is 8.28. The first-order valence-corrected chi connectivity index (χ1v) is 10.2. The van der Waals surface area contributed by atoms with Crippen LogP contribution in [-0.2, 0) is 14.6 Å². The van der Waals surface area contributed by atoms with Crippen LogP contribution in [0.15, 0.2) is 29.2 Å². The maximum atomic E-state index is 15.2. The molecule has 0 aliphatic heterocycles. The number of carbonyl (C=O) groups excluding carboxylic acids is 1. The molecule has 1 N–H and O–H groups in total. The minimum Gasteiger partial charge on any atom is -0.353 e. The van der Waals surface area contributed by atoms with Crippen molar-refractivity contribution >= 4 is 15.7 Å². The SMILES string of the molecule is Cc1cccc(S(=O)(=O)[C@]2(F)CC[C@H](NC(=O)CC(C)(C)C)CC2)c1. The summed E-state index contributed by atoms with van der Waals surface area (Å²) in [6.45, 7) is 7.73. The van der Waals surface area contributed by atoms with Crippen LogP contribution in [0.1, 0.15) is 58.4 Å². The Labute approximate surface area is 150 Å². The van der Waals surface area contributed by atoms with Crippen molar-refractivity contribution in [1.82, 2.24) is 5.32 Å². The van der Waals surface area contributed by atoms with Crippen LogP contribution in [-0.4, -0.2) is 25.4 Å². The van der Waals surface area contributed by atoms with Gasteiger partial charge in [-0.25, -0.2) is 12.8 Å². The van der Waals surface area contributed by atoms with Crippen molar-refractivity contribution in [1.29, 1.82) is 0 Å². The van der Waals surface area contributed by atoms with E-state index in [0.717, 1.165) is 5.56 Å². The van der Waals surface area contributed by atoms with Gasteiger partial charge in [0.15, 0.2) is 0 Å². The molecule has 1 aromatic rings. The molecule has 0 atom stereocenters. The Balaban J connectivity index is 2.03. The molecule has 0 radical (unpaired) electrons. The average Bonchev–Trinajstić information content (AvgIpc) is 2.47. The van der Waals surface area contributed by atoms with Crippen LogP contribution >= 0.6 is 0 Å². The van der Waals surface area contributed by atoms with Crippen molar-refractivity contribution < 1.29 is 17.6 Å². The summed E-state index contributed by atoms with van der Waals surface area (Å²) in [5.74, 6) is -0.0644. The first-order chi connectivity index (χ1) is 11.4. The fourth-order valence-corrected chi connectivity index (χ4v) is 5.01. The average molecular weight is 370 g/mol. The zero-order valence-electron chi connectivity index (χ0n) is 15.4. The number of alkyl halides is 1. The van der Waals surface area contributed by atoms with Gasteiger partial charge in [-0.05, 0) is 55.7 Å². The Hall–Kier alpha value is -1.43. The summed E-state index contributed by atoms with van der Waals surface area (Å²) in [5.41, 5.74) is 0.671. The highest BCUT2D eigenvalue weighted by atomic mass is 32.2. The zero-order valence-corrected chi connectivity index (χ0v) is 16.2. The van der Waals surface area contributed by atoms with Crippen LogP contribution in [0.3, 0.4) is 0 Å². The Kier molecular flexibility index (Phi) is 5.62. The molecule has 4 nitrogen and oxygen atoms in total. The van der Waals surface area contributed by atoms with Crippen molar-refractivity contribution in [3.05, 3.63) is 29.8 Å². The van der Waals surface area contributed by atoms with Gasteiger partial charge < -0.3 is 5.32 Å². The predicted octanol–water partition coefficient (Wildman–Crippen LogP) is 3.93. The van der Waals surface area contributed by atoms with E-state index in [9.17, 15) is 13.2 Å². The van der Waals surface area contributed by atoms with Gasteiger partial charge in [0.25, 0.3) is 0 Å². The summed E-state index contributed by atoms with van der Waals surface area (Å²) in [7, 11) is -4.04. The number of benzene rings is 1. The van der Waals surface area contributed by atoms with Crippen LogP contribution in [0.4, 0.5) is 4.39 Å². The number of carbonyl (C=O) groups is 1. The monoisotopic (exact) mass is 369 g/mol. The third-order valence-corrected chi connectivity index (χ3v) is 6.82. The fourth-order valence-electron chi connectivity index (χ4n) is 3.22. The number of sulfone groups is 1. The third kappa shape index (κ3) is 4.81. The summed E-state index contributed by atoms with van der Waals surface area (Å²) in [6, 6.07) is 6.20. The summed E-state index contributed by atoms with van der Waals surface area (Å²) in [6.07, 6.45) is 0.869. The molecule has 2 rings (SSSR count). The second-order valence-corrected chi connectivity index (χ2v) is 10.5. The van der Waals surface area contributed by atoms with Crippen LogP contribution in [0.25, 0.3) is 0 Å². The normalized spacial score (nSPS) is 24.8. The van der Waals surface area contributed by atoms with E-state index in [-0.39, 0.29) is 35.1 Å². The molecule has 1 aliphatic carbocycles. The lowest BCUT2D eigenvalue weighted by atomic mass is 9.90. The molecule has 1 aromatic carbocycles. The fraction of sp³-hybridized carbons (Fsp3) is 0.632. The molecule has 0 bridgehead atoms. The maximum Gasteiger partial charge on any atom is 0.220 e. The van der Waals surface area contributed by atoms with Gasteiger partial charge >= 0.3 is 0 Å². The summed E-state index contributed by atoms with van der Waals surface area (Å²) >= 11 is 0. The molecule has 0 aromatic heterocycles. The van der Waals surface area contributed by atoms with Crippen molar-refractivity contribution in [3.63, 3.8) is 0 Å². The molecule has 0 saturated heterocycles. The lowest BCUT2D eigenvalue weighted by Crippen LogP contribution is -2.45. The van der Waals surface area contributed by atoms with Crippen LogP contribution < -0.4 is 5.32 Å². The van der Waals surface area contributed by atoms with Gasteiger partial charge in [-0.1, -0.05) is 32.9 Å². The molecular weight excluding hydrogens is 341 g/mol. The lowest BCUT2D eigenvalue weighted by molar-refractivity contribution is -0.123. The molecule has 1 amide bonds. The largest absolute Gasteiger partial charge is 0.353 e. The minimum absolute atomic E-state index is 0.0326. The van der Waals surface area contributed by atoms with Crippen molar-refractivity contribution in [3.8, 4) is 0 Å². The Morgan fingerprint density at radius 3 is 2.40 bits per heavy atom. The molecule has 1 fully saturated rings. The van der Waals surface area contributed by atoms with Gasteiger partial charge in [-0.3, -0.25) is 4.79 Å². The predicted molar refractivity (Wildman–Crippen MR) is 96.7 cm³/mol. The zero-order chi connectivity index (χ0) is 18.9. The van der Waals surface area contributed by atoms with E-state index in [1.165, 1.54) is 12.1 Å². The Morgan fingerprint density at radius 2 is 1.88 bits per heavy atom.